The van der Waals surface area contributed by atoms with Gasteiger partial charge in [-0.05, 0) is 65.3 Å². The molecule has 46 heavy (non-hydrogen) atoms. The van der Waals surface area contributed by atoms with Crippen LogP contribution in [0.2, 0.25) is 0 Å². The predicted molar refractivity (Wildman–Crippen MR) is 181 cm³/mol. The first kappa shape index (κ1) is 30.8. The molecule has 0 saturated carbocycles. The van der Waals surface area contributed by atoms with Crippen molar-refractivity contribution in [3.8, 4) is 11.1 Å². The molecule has 6 rings (SSSR count). The van der Waals surface area contributed by atoms with Gasteiger partial charge < -0.3 is 15.6 Å². The van der Waals surface area contributed by atoms with Gasteiger partial charge in [0.2, 0.25) is 0 Å². The van der Waals surface area contributed by atoms with Gasteiger partial charge in [0.05, 0.1) is 0 Å². The van der Waals surface area contributed by atoms with Crippen molar-refractivity contribution in [1.82, 2.24) is 4.90 Å². The average molecular weight is 611 g/mol. The molecule has 0 saturated heterocycles. The van der Waals surface area contributed by atoms with Crippen LogP contribution < -0.4 is 5.73 Å². The number of carboxylic acids is 1. The van der Waals surface area contributed by atoms with Crippen molar-refractivity contribution in [2.45, 2.75) is 37.3 Å². The van der Waals surface area contributed by atoms with Gasteiger partial charge in [0, 0.05) is 5.92 Å². The number of nitrogens with zero attached hydrogens (tertiary/aromatic N) is 1. The smallest absolute Gasteiger partial charge is 0.411 e. The molecule has 5 aromatic rings. The van der Waals surface area contributed by atoms with Crippen LogP contribution in [0.4, 0.5) is 4.79 Å². The molecule has 0 radical (unpaired) electrons. The van der Waals surface area contributed by atoms with Crippen molar-refractivity contribution < 1.29 is 19.4 Å². The van der Waals surface area contributed by atoms with E-state index in [2.05, 4.69) is 24.3 Å². The number of carbonyl (C=O) groups is 2. The summed E-state index contributed by atoms with van der Waals surface area (Å²) < 4.78 is 6.30. The molecule has 0 aromatic heterocycles. The Hall–Kier alpha value is -5.20. The molecule has 1 aliphatic carbocycles. The Balaban J connectivity index is 1.53. The Kier molecular flexibility index (Phi) is 8.99. The highest BCUT2D eigenvalue weighted by Crippen LogP contribution is 2.47. The number of carbonyl (C=O) groups excluding carboxylic acids is 1. The zero-order chi connectivity index (χ0) is 32.1. The number of ether oxygens (including phenoxy) is 1. The molecule has 6 heteroatoms. The summed E-state index contributed by atoms with van der Waals surface area (Å²) in [6.07, 6.45) is -0.138. The van der Waals surface area contributed by atoms with Crippen molar-refractivity contribution in [2.24, 2.45) is 5.73 Å². The van der Waals surface area contributed by atoms with Crippen molar-refractivity contribution in [3.63, 3.8) is 0 Å². The summed E-state index contributed by atoms with van der Waals surface area (Å²) >= 11 is 0. The number of rotatable bonds is 11. The molecule has 1 amide bonds. The second kappa shape index (κ2) is 13.4. The number of nitrogens with two attached hydrogens (primary N) is 1. The molecule has 0 spiro atoms. The fourth-order valence-electron chi connectivity index (χ4n) is 6.91. The lowest BCUT2D eigenvalue weighted by molar-refractivity contribution is -0.144. The van der Waals surface area contributed by atoms with Gasteiger partial charge in [-0.15, -0.1) is 0 Å². The first-order chi connectivity index (χ1) is 22.5. The molecule has 0 fully saturated rings. The van der Waals surface area contributed by atoms with Gasteiger partial charge in [-0.3, -0.25) is 4.90 Å². The quantitative estimate of drug-likeness (QED) is 0.149. The molecule has 232 valence electrons. The van der Waals surface area contributed by atoms with E-state index in [0.29, 0.717) is 6.42 Å². The Morgan fingerprint density at radius 3 is 1.72 bits per heavy atom. The van der Waals surface area contributed by atoms with Crippen LogP contribution in [-0.4, -0.2) is 41.3 Å². The van der Waals surface area contributed by atoms with E-state index in [1.165, 1.54) is 4.90 Å². The molecule has 0 unspecified atom stereocenters. The number of fused-ring (bicyclic) bond motifs is 3. The monoisotopic (exact) mass is 610 g/mol. The molecule has 0 bridgehead atoms. The van der Waals surface area contributed by atoms with E-state index in [1.807, 2.05) is 116 Å². The summed E-state index contributed by atoms with van der Waals surface area (Å²) in [5.74, 6) is -1.31. The van der Waals surface area contributed by atoms with Gasteiger partial charge >= 0.3 is 12.1 Å². The SMILES string of the molecule is Cc1ccc(C(c2ccccc2)(c2ccccc2)N(C(=O)OCC2c3ccccc3-c3ccccc32)[C@@H](CCCN)C(=O)O)cc1. The maximum atomic E-state index is 14.9. The van der Waals surface area contributed by atoms with Crippen LogP contribution in [0.1, 0.15) is 52.1 Å². The number of hydrogen-bond donors (Lipinski definition) is 2. The topological polar surface area (TPSA) is 92.9 Å². The molecule has 0 aliphatic heterocycles. The highest BCUT2D eigenvalue weighted by molar-refractivity contribution is 5.83. The normalized spacial score (nSPS) is 13.0. The van der Waals surface area contributed by atoms with Crippen LogP contribution in [0.5, 0.6) is 0 Å². The van der Waals surface area contributed by atoms with Crippen LogP contribution in [0, 0.1) is 6.92 Å². The van der Waals surface area contributed by atoms with E-state index in [4.69, 9.17) is 10.5 Å². The van der Waals surface area contributed by atoms with Crippen molar-refractivity contribution in [2.75, 3.05) is 13.2 Å². The third kappa shape index (κ3) is 5.57. The van der Waals surface area contributed by atoms with E-state index >= 15 is 0 Å². The van der Waals surface area contributed by atoms with Crippen molar-refractivity contribution in [3.05, 3.63) is 167 Å². The van der Waals surface area contributed by atoms with E-state index in [1.54, 1.807) is 0 Å². The third-order valence-electron chi connectivity index (χ3n) is 9.02. The summed E-state index contributed by atoms with van der Waals surface area (Å²) in [4.78, 5) is 29.6. The molecule has 0 heterocycles. The van der Waals surface area contributed by atoms with Gasteiger partial charge in [0.25, 0.3) is 0 Å². The minimum Gasteiger partial charge on any atom is -0.480 e. The highest BCUT2D eigenvalue weighted by Gasteiger charge is 2.50. The third-order valence-corrected chi connectivity index (χ3v) is 9.02. The predicted octanol–water partition coefficient (Wildman–Crippen LogP) is 7.73. The summed E-state index contributed by atoms with van der Waals surface area (Å²) in [7, 11) is 0. The van der Waals surface area contributed by atoms with Crippen molar-refractivity contribution >= 4 is 12.1 Å². The molecule has 1 atom stereocenters. The number of hydrogen-bond acceptors (Lipinski definition) is 4. The number of aryl methyl sites for hydroxylation is 1. The Morgan fingerprint density at radius 1 is 0.739 bits per heavy atom. The number of benzene rings is 5. The molecule has 1 aliphatic rings. The average Bonchev–Trinajstić information content (AvgIpc) is 3.41. The van der Waals surface area contributed by atoms with Crippen LogP contribution in [0.3, 0.4) is 0 Å². The summed E-state index contributed by atoms with van der Waals surface area (Å²) in [6.45, 7) is 2.35. The van der Waals surface area contributed by atoms with Crippen LogP contribution in [0.25, 0.3) is 11.1 Å². The Bertz CT molecular complexity index is 1720. The molecule has 3 N–H and O–H groups in total. The second-order valence-corrected chi connectivity index (χ2v) is 11.8. The Morgan fingerprint density at radius 2 is 1.22 bits per heavy atom. The maximum Gasteiger partial charge on any atom is 0.411 e. The molecular formula is C40H38N2O4. The number of carboxylic acid groups (broad SMARTS) is 1. The van der Waals surface area contributed by atoms with Crippen LogP contribution >= 0.6 is 0 Å². The van der Waals surface area contributed by atoms with Crippen LogP contribution in [-0.2, 0) is 15.1 Å². The number of amides is 1. The standard InChI is InChI=1S/C40H38N2O4/c1-28-22-24-31(25-23-28)40(29-13-4-2-5-14-29,30-15-6-3-7-16-30)42(37(38(43)44)21-12-26-41)39(45)46-27-36-34-19-10-8-17-32(34)33-18-9-11-20-35(33)36/h2-11,13-20,22-25,36-37H,12,21,26-27,41H2,1H3,(H,43,44)/t37-/m0/s1. The van der Waals surface area contributed by atoms with Gasteiger partial charge in [-0.25, -0.2) is 9.59 Å². The van der Waals surface area contributed by atoms with E-state index in [0.717, 1.165) is 44.5 Å². The Labute approximate surface area is 270 Å². The summed E-state index contributed by atoms with van der Waals surface area (Å²) in [6, 6.07) is 42.2. The minimum atomic E-state index is -1.34. The van der Waals surface area contributed by atoms with E-state index in [9.17, 15) is 14.7 Å². The summed E-state index contributed by atoms with van der Waals surface area (Å²) in [5, 5.41) is 10.8. The zero-order valence-electron chi connectivity index (χ0n) is 25.9. The van der Waals surface area contributed by atoms with Crippen molar-refractivity contribution in [1.29, 1.82) is 0 Å². The molecule has 6 nitrogen and oxygen atoms in total. The zero-order valence-corrected chi connectivity index (χ0v) is 25.9. The van der Waals surface area contributed by atoms with E-state index in [-0.39, 0.29) is 25.5 Å². The minimum absolute atomic E-state index is 0.0557. The molecule has 5 aromatic carbocycles. The van der Waals surface area contributed by atoms with Gasteiger partial charge in [-0.1, -0.05) is 139 Å². The number of aliphatic carboxylic acids is 1. The fraction of sp³-hybridized carbons (Fsp3) is 0.200. The first-order valence-electron chi connectivity index (χ1n) is 15.7. The second-order valence-electron chi connectivity index (χ2n) is 11.8. The lowest BCUT2D eigenvalue weighted by atomic mass is 9.74. The van der Waals surface area contributed by atoms with Gasteiger partial charge in [0.1, 0.15) is 18.2 Å². The largest absolute Gasteiger partial charge is 0.480 e. The van der Waals surface area contributed by atoms with E-state index < -0.39 is 23.6 Å². The summed E-state index contributed by atoms with van der Waals surface area (Å²) in [5.41, 5.74) is 12.3. The molecular weight excluding hydrogens is 572 g/mol. The lowest BCUT2D eigenvalue weighted by Crippen LogP contribution is -2.58. The first-order valence-corrected chi connectivity index (χ1v) is 15.7. The van der Waals surface area contributed by atoms with Gasteiger partial charge in [0.15, 0.2) is 0 Å². The highest BCUT2D eigenvalue weighted by atomic mass is 16.6. The fourth-order valence-corrected chi connectivity index (χ4v) is 6.91. The van der Waals surface area contributed by atoms with Gasteiger partial charge in [-0.2, -0.15) is 0 Å². The van der Waals surface area contributed by atoms with Crippen LogP contribution in [0.15, 0.2) is 133 Å². The maximum absolute atomic E-state index is 14.9. The lowest BCUT2D eigenvalue weighted by Gasteiger charge is -2.47.